The van der Waals surface area contributed by atoms with Crippen LogP contribution in [0.2, 0.25) is 15.1 Å². The highest BCUT2D eigenvalue weighted by molar-refractivity contribution is 6.43. The Bertz CT molecular complexity index is 647. The Morgan fingerprint density at radius 2 is 1.67 bits per heavy atom. The van der Waals surface area contributed by atoms with Gasteiger partial charge in [-0.15, -0.1) is 0 Å². The molecule has 2 aromatic rings. The first-order chi connectivity index (χ1) is 10.0. The largest absolute Gasteiger partial charge is 0.496 e. The third-order valence-electron chi connectivity index (χ3n) is 2.93. The lowest BCUT2D eigenvalue weighted by atomic mass is 10.1. The summed E-state index contributed by atoms with van der Waals surface area (Å²) in [5, 5.41) is 1.20. The van der Waals surface area contributed by atoms with Crippen molar-refractivity contribution in [3.8, 4) is 11.5 Å². The minimum absolute atomic E-state index is 0.342. The van der Waals surface area contributed by atoms with Crippen LogP contribution < -0.4 is 15.2 Å². The molecule has 0 atom stereocenters. The molecular formula is C15H14Cl3NO2. The average molecular weight is 347 g/mol. The maximum absolute atomic E-state index is 6.07. The number of rotatable bonds is 5. The number of benzene rings is 2. The van der Waals surface area contributed by atoms with Crippen molar-refractivity contribution in [2.75, 3.05) is 7.11 Å². The van der Waals surface area contributed by atoms with E-state index in [4.69, 9.17) is 50.0 Å². The van der Waals surface area contributed by atoms with E-state index in [-0.39, 0.29) is 0 Å². The number of hydrogen-bond donors (Lipinski definition) is 1. The van der Waals surface area contributed by atoms with Gasteiger partial charge in [0, 0.05) is 18.2 Å². The molecule has 0 aliphatic heterocycles. The van der Waals surface area contributed by atoms with Crippen LogP contribution in [0, 0.1) is 0 Å². The summed E-state index contributed by atoms with van der Waals surface area (Å²) >= 11 is 17.9. The molecule has 3 nitrogen and oxygen atoms in total. The van der Waals surface area contributed by atoms with Crippen molar-refractivity contribution in [1.82, 2.24) is 0 Å². The molecule has 0 bridgehead atoms. The molecule has 0 aliphatic rings. The topological polar surface area (TPSA) is 44.5 Å². The third-order valence-corrected chi connectivity index (χ3v) is 3.95. The minimum Gasteiger partial charge on any atom is -0.496 e. The van der Waals surface area contributed by atoms with Crippen molar-refractivity contribution in [3.63, 3.8) is 0 Å². The van der Waals surface area contributed by atoms with Gasteiger partial charge in [-0.05, 0) is 23.8 Å². The molecule has 0 fully saturated rings. The Kier molecular flexibility index (Phi) is 5.59. The number of methoxy groups -OCH3 is 1. The van der Waals surface area contributed by atoms with Crippen LogP contribution in [0.4, 0.5) is 0 Å². The molecule has 0 amide bonds. The van der Waals surface area contributed by atoms with Gasteiger partial charge in [0.2, 0.25) is 0 Å². The molecule has 2 N–H and O–H groups in total. The van der Waals surface area contributed by atoms with E-state index in [1.54, 1.807) is 19.2 Å². The first kappa shape index (κ1) is 16.2. The van der Waals surface area contributed by atoms with Gasteiger partial charge in [0.25, 0.3) is 0 Å². The summed E-state index contributed by atoms with van der Waals surface area (Å²) in [6, 6.07) is 8.85. The summed E-state index contributed by atoms with van der Waals surface area (Å²) < 4.78 is 10.9. The second kappa shape index (κ2) is 7.23. The zero-order chi connectivity index (χ0) is 15.4. The van der Waals surface area contributed by atoms with E-state index in [0.29, 0.717) is 34.0 Å². The van der Waals surface area contributed by atoms with Gasteiger partial charge in [-0.25, -0.2) is 0 Å². The molecule has 0 spiro atoms. The molecule has 2 rings (SSSR count). The molecule has 2 aromatic carbocycles. The van der Waals surface area contributed by atoms with Crippen molar-refractivity contribution in [2.24, 2.45) is 5.73 Å². The lowest BCUT2D eigenvalue weighted by Gasteiger charge is -2.12. The molecule has 21 heavy (non-hydrogen) atoms. The normalized spacial score (nSPS) is 10.5. The Balaban J connectivity index is 2.15. The molecule has 6 heteroatoms. The van der Waals surface area contributed by atoms with Crippen molar-refractivity contribution in [2.45, 2.75) is 13.2 Å². The van der Waals surface area contributed by atoms with Crippen molar-refractivity contribution in [1.29, 1.82) is 0 Å². The van der Waals surface area contributed by atoms with E-state index in [2.05, 4.69) is 0 Å². The fourth-order valence-electron chi connectivity index (χ4n) is 1.86. The van der Waals surface area contributed by atoms with Gasteiger partial charge >= 0.3 is 0 Å². The molecule has 0 saturated heterocycles. The lowest BCUT2D eigenvalue weighted by molar-refractivity contribution is 0.306. The van der Waals surface area contributed by atoms with Crippen molar-refractivity contribution < 1.29 is 9.47 Å². The zero-order valence-corrected chi connectivity index (χ0v) is 13.6. The predicted octanol–water partition coefficient (Wildman–Crippen LogP) is 4.69. The van der Waals surface area contributed by atoms with Crippen LogP contribution in [0.5, 0.6) is 11.5 Å². The van der Waals surface area contributed by atoms with Gasteiger partial charge in [0.1, 0.15) is 18.1 Å². The van der Waals surface area contributed by atoms with E-state index < -0.39 is 0 Å². The second-order valence-corrected chi connectivity index (χ2v) is 5.56. The number of ether oxygens (including phenoxy) is 2. The summed E-state index contributed by atoms with van der Waals surface area (Å²) in [5.41, 5.74) is 7.56. The highest BCUT2D eigenvalue weighted by Crippen LogP contribution is 2.34. The number of hydrogen-bond acceptors (Lipinski definition) is 3. The Hall–Kier alpha value is -1.13. The molecule has 0 radical (unpaired) electrons. The molecular weight excluding hydrogens is 333 g/mol. The van der Waals surface area contributed by atoms with Crippen molar-refractivity contribution >= 4 is 34.8 Å². The summed E-state index contributed by atoms with van der Waals surface area (Å²) in [4.78, 5) is 0. The average Bonchev–Trinajstić information content (AvgIpc) is 2.49. The van der Waals surface area contributed by atoms with Crippen LogP contribution in [-0.4, -0.2) is 7.11 Å². The summed E-state index contributed by atoms with van der Waals surface area (Å²) in [6.07, 6.45) is 0. The molecule has 112 valence electrons. The smallest absolute Gasteiger partial charge is 0.139 e. The van der Waals surface area contributed by atoms with Crippen LogP contribution in [0.3, 0.4) is 0 Å². The summed E-state index contributed by atoms with van der Waals surface area (Å²) in [6.45, 7) is 0.735. The highest BCUT2D eigenvalue weighted by Gasteiger charge is 2.08. The molecule has 0 aliphatic carbocycles. The molecule has 0 aromatic heterocycles. The van der Waals surface area contributed by atoms with Crippen LogP contribution in [0.25, 0.3) is 0 Å². The lowest BCUT2D eigenvalue weighted by Crippen LogP contribution is -2.03. The van der Waals surface area contributed by atoms with Gasteiger partial charge in [0.05, 0.1) is 22.2 Å². The molecule has 0 saturated carbocycles. The van der Waals surface area contributed by atoms with Crippen LogP contribution in [-0.2, 0) is 13.2 Å². The maximum atomic E-state index is 6.07. The Morgan fingerprint density at radius 1 is 0.952 bits per heavy atom. The first-order valence-electron chi connectivity index (χ1n) is 6.18. The van der Waals surface area contributed by atoms with Crippen LogP contribution >= 0.6 is 34.8 Å². The van der Waals surface area contributed by atoms with E-state index in [9.17, 15) is 0 Å². The van der Waals surface area contributed by atoms with E-state index >= 15 is 0 Å². The molecule has 0 unspecified atom stereocenters. The third kappa shape index (κ3) is 3.95. The first-order valence-corrected chi connectivity index (χ1v) is 7.31. The fraction of sp³-hybridized carbons (Fsp3) is 0.200. The number of halogens is 3. The van der Waals surface area contributed by atoms with Gasteiger partial charge in [-0.1, -0.05) is 40.9 Å². The zero-order valence-electron chi connectivity index (χ0n) is 11.3. The monoisotopic (exact) mass is 345 g/mol. The van der Waals surface area contributed by atoms with Crippen molar-refractivity contribution in [3.05, 3.63) is 56.5 Å². The quantitative estimate of drug-likeness (QED) is 0.799. The Labute approximate surface area is 138 Å². The standard InChI is InChI=1S/C15H14Cl3NO2/c1-20-14-3-2-9(4-10(14)7-19)8-21-15-6-12(17)11(16)5-13(15)18/h2-6H,7-8,19H2,1H3. The van der Waals surface area contributed by atoms with Crippen LogP contribution in [0.15, 0.2) is 30.3 Å². The van der Waals surface area contributed by atoms with E-state index in [1.165, 1.54) is 0 Å². The second-order valence-electron chi connectivity index (χ2n) is 4.34. The van der Waals surface area contributed by atoms with Gasteiger partial charge < -0.3 is 15.2 Å². The number of nitrogens with two attached hydrogens (primary N) is 1. The van der Waals surface area contributed by atoms with E-state index in [1.807, 2.05) is 18.2 Å². The van der Waals surface area contributed by atoms with Gasteiger partial charge in [-0.2, -0.15) is 0 Å². The molecule has 0 heterocycles. The fourth-order valence-corrected chi connectivity index (χ4v) is 2.45. The van der Waals surface area contributed by atoms with Gasteiger partial charge in [0.15, 0.2) is 0 Å². The summed E-state index contributed by atoms with van der Waals surface area (Å²) in [7, 11) is 1.61. The Morgan fingerprint density at radius 3 is 2.33 bits per heavy atom. The predicted molar refractivity (Wildman–Crippen MR) is 86.7 cm³/mol. The highest BCUT2D eigenvalue weighted by atomic mass is 35.5. The maximum Gasteiger partial charge on any atom is 0.139 e. The SMILES string of the molecule is COc1ccc(COc2cc(Cl)c(Cl)cc2Cl)cc1CN. The van der Waals surface area contributed by atoms with E-state index in [0.717, 1.165) is 16.9 Å². The minimum atomic E-state index is 0.342. The van der Waals surface area contributed by atoms with Crippen LogP contribution in [0.1, 0.15) is 11.1 Å². The summed E-state index contributed by atoms with van der Waals surface area (Å²) in [5.74, 6) is 1.24. The van der Waals surface area contributed by atoms with Gasteiger partial charge in [-0.3, -0.25) is 0 Å².